The first-order valence-corrected chi connectivity index (χ1v) is 11.3. The number of pyridine rings is 2. The SMILES string of the molecule is C[C@@H](CC(F)(F)F)NC(=O)c1cn(-c2c(F)cc(F)cc2F)c2nc(N3CC(CO)(CO)C3)ccc2c1=O. The third kappa shape index (κ3) is 5.18. The predicted octanol–water partition coefficient (Wildman–Crippen LogP) is 2.66. The number of rotatable bonds is 7. The zero-order valence-electron chi connectivity index (χ0n) is 19.8. The lowest BCUT2D eigenvalue weighted by atomic mass is 9.81. The second kappa shape index (κ2) is 9.91. The molecule has 0 aliphatic carbocycles. The maximum absolute atomic E-state index is 14.8. The van der Waals surface area contributed by atoms with Gasteiger partial charge in [-0.1, -0.05) is 0 Å². The smallest absolute Gasteiger partial charge is 0.391 e. The van der Waals surface area contributed by atoms with E-state index in [0.717, 1.165) is 17.7 Å². The van der Waals surface area contributed by atoms with Crippen molar-refractivity contribution in [1.29, 1.82) is 0 Å². The van der Waals surface area contributed by atoms with Gasteiger partial charge in [-0.15, -0.1) is 0 Å². The van der Waals surface area contributed by atoms with Gasteiger partial charge in [0, 0.05) is 37.5 Å². The molecule has 1 amide bonds. The number of benzene rings is 1. The summed E-state index contributed by atoms with van der Waals surface area (Å²) in [6.45, 7) is 0.814. The number of fused-ring (bicyclic) bond motifs is 1. The molecule has 3 N–H and O–H groups in total. The number of amides is 1. The van der Waals surface area contributed by atoms with E-state index in [2.05, 4.69) is 4.98 Å². The average Bonchev–Trinajstić information content (AvgIpc) is 2.78. The molecule has 14 heteroatoms. The van der Waals surface area contributed by atoms with E-state index in [1.807, 2.05) is 5.32 Å². The molecule has 8 nitrogen and oxygen atoms in total. The molecule has 4 rings (SSSR count). The molecule has 1 aromatic carbocycles. The molecule has 2 aromatic heterocycles. The third-order valence-corrected chi connectivity index (χ3v) is 6.27. The van der Waals surface area contributed by atoms with E-state index < -0.39 is 64.1 Å². The van der Waals surface area contributed by atoms with Crippen molar-refractivity contribution >= 4 is 22.8 Å². The van der Waals surface area contributed by atoms with Crippen LogP contribution in [0.1, 0.15) is 23.7 Å². The van der Waals surface area contributed by atoms with E-state index >= 15 is 0 Å². The topological polar surface area (TPSA) is 108 Å². The molecule has 1 aliphatic rings. The van der Waals surface area contributed by atoms with Crippen LogP contribution >= 0.6 is 0 Å². The molecule has 204 valence electrons. The van der Waals surface area contributed by atoms with Gasteiger partial charge in [0.25, 0.3) is 5.91 Å². The maximum Gasteiger partial charge on any atom is 0.391 e. The number of aliphatic hydroxyl groups is 2. The second-order valence-corrected chi connectivity index (χ2v) is 9.37. The fourth-order valence-electron chi connectivity index (χ4n) is 4.34. The second-order valence-electron chi connectivity index (χ2n) is 9.37. The van der Waals surface area contributed by atoms with Crippen LogP contribution in [0.25, 0.3) is 16.7 Å². The Labute approximate surface area is 211 Å². The zero-order chi connectivity index (χ0) is 28.0. The highest BCUT2D eigenvalue weighted by molar-refractivity contribution is 5.97. The van der Waals surface area contributed by atoms with E-state index in [4.69, 9.17) is 0 Å². The summed E-state index contributed by atoms with van der Waals surface area (Å²) in [5.41, 5.74) is -3.66. The zero-order valence-corrected chi connectivity index (χ0v) is 19.8. The van der Waals surface area contributed by atoms with Crippen molar-refractivity contribution in [2.45, 2.75) is 25.6 Å². The van der Waals surface area contributed by atoms with E-state index in [1.54, 1.807) is 4.90 Å². The number of alkyl halides is 3. The number of aromatic nitrogens is 2. The molecule has 0 unspecified atom stereocenters. The summed E-state index contributed by atoms with van der Waals surface area (Å²) in [5.74, 6) is -5.01. The van der Waals surface area contributed by atoms with Crippen LogP contribution in [0, 0.1) is 22.9 Å². The van der Waals surface area contributed by atoms with Gasteiger partial charge < -0.3 is 20.4 Å². The Morgan fingerprint density at radius 1 is 1.13 bits per heavy atom. The number of hydrogen-bond donors (Lipinski definition) is 3. The van der Waals surface area contributed by atoms with Crippen LogP contribution in [-0.4, -0.2) is 64.2 Å². The van der Waals surface area contributed by atoms with Crippen LogP contribution in [0.3, 0.4) is 0 Å². The molecular weight excluding hydrogens is 522 g/mol. The van der Waals surface area contributed by atoms with Gasteiger partial charge in [-0.2, -0.15) is 13.2 Å². The van der Waals surface area contributed by atoms with Gasteiger partial charge in [0.15, 0.2) is 17.3 Å². The summed E-state index contributed by atoms with van der Waals surface area (Å²) in [6, 6.07) is 1.94. The molecule has 38 heavy (non-hydrogen) atoms. The third-order valence-electron chi connectivity index (χ3n) is 6.27. The Balaban J connectivity index is 1.86. The van der Waals surface area contributed by atoms with Crippen LogP contribution in [-0.2, 0) is 0 Å². The summed E-state index contributed by atoms with van der Waals surface area (Å²) in [6.07, 6.45) is -5.25. The number of aliphatic hydroxyl groups excluding tert-OH is 2. The molecule has 1 fully saturated rings. The van der Waals surface area contributed by atoms with Gasteiger partial charge >= 0.3 is 6.18 Å². The molecule has 3 heterocycles. The standard InChI is InChI=1S/C24H22F6N4O4/c1-12(6-24(28,29)30)31-22(38)15-7-34(19-16(26)4-13(25)5-17(19)27)21-14(20(15)37)2-3-18(32-21)33-8-23(9-33,10-35)11-36/h2-5,7,12,35-36H,6,8-11H2,1H3,(H,31,38)/t12-/m0/s1. The first kappa shape index (κ1) is 27.4. The van der Waals surface area contributed by atoms with Crippen molar-refractivity contribution in [2.75, 3.05) is 31.2 Å². The minimum absolute atomic E-state index is 0.180. The van der Waals surface area contributed by atoms with Crippen molar-refractivity contribution in [1.82, 2.24) is 14.9 Å². The Morgan fingerprint density at radius 2 is 1.74 bits per heavy atom. The normalized spacial score (nSPS) is 15.9. The van der Waals surface area contributed by atoms with E-state index in [1.165, 1.54) is 12.1 Å². The molecule has 3 aromatic rings. The summed E-state index contributed by atoms with van der Waals surface area (Å²) in [5, 5.41) is 20.8. The lowest BCUT2D eigenvalue weighted by molar-refractivity contribution is -0.138. The number of nitrogens with zero attached hydrogens (tertiary/aromatic N) is 3. The van der Waals surface area contributed by atoms with Gasteiger partial charge in [-0.3, -0.25) is 14.2 Å². The largest absolute Gasteiger partial charge is 0.396 e. The number of nitrogens with one attached hydrogen (secondary N) is 1. The Bertz CT molecular complexity index is 1420. The summed E-state index contributed by atoms with van der Waals surface area (Å²) < 4.78 is 82.0. The van der Waals surface area contributed by atoms with Gasteiger partial charge in [0.1, 0.15) is 22.9 Å². The Kier molecular flexibility index (Phi) is 7.14. The minimum atomic E-state index is -4.60. The molecule has 1 atom stereocenters. The van der Waals surface area contributed by atoms with Crippen LogP contribution in [0.2, 0.25) is 0 Å². The van der Waals surface area contributed by atoms with Crippen molar-refractivity contribution in [3.8, 4) is 5.69 Å². The van der Waals surface area contributed by atoms with Crippen molar-refractivity contribution in [2.24, 2.45) is 5.41 Å². The van der Waals surface area contributed by atoms with Gasteiger partial charge in [-0.25, -0.2) is 18.2 Å². The molecule has 0 bridgehead atoms. The monoisotopic (exact) mass is 544 g/mol. The lowest BCUT2D eigenvalue weighted by Crippen LogP contribution is -2.60. The highest BCUT2D eigenvalue weighted by Crippen LogP contribution is 2.34. The summed E-state index contributed by atoms with van der Waals surface area (Å²) >= 11 is 0. The average molecular weight is 544 g/mol. The Morgan fingerprint density at radius 3 is 2.29 bits per heavy atom. The van der Waals surface area contributed by atoms with Gasteiger partial charge in [0.05, 0.1) is 30.4 Å². The van der Waals surface area contributed by atoms with Gasteiger partial charge in [-0.05, 0) is 19.1 Å². The number of carbonyl (C=O) groups excluding carboxylic acids is 1. The fraction of sp³-hybridized carbons (Fsp3) is 0.375. The highest BCUT2D eigenvalue weighted by atomic mass is 19.4. The lowest BCUT2D eigenvalue weighted by Gasteiger charge is -2.48. The molecule has 0 saturated carbocycles. The van der Waals surface area contributed by atoms with Crippen LogP contribution in [0.4, 0.5) is 32.2 Å². The van der Waals surface area contributed by atoms with Crippen molar-refractivity contribution in [3.63, 3.8) is 0 Å². The highest BCUT2D eigenvalue weighted by Gasteiger charge is 2.43. The van der Waals surface area contributed by atoms with Crippen LogP contribution < -0.4 is 15.6 Å². The molecular formula is C24H22F6N4O4. The maximum atomic E-state index is 14.8. The molecule has 1 aliphatic heterocycles. The van der Waals surface area contributed by atoms with Crippen molar-refractivity contribution < 1.29 is 41.4 Å². The molecule has 1 saturated heterocycles. The van der Waals surface area contributed by atoms with Gasteiger partial charge in [0.2, 0.25) is 5.43 Å². The first-order valence-electron chi connectivity index (χ1n) is 11.3. The molecule has 0 spiro atoms. The van der Waals surface area contributed by atoms with E-state index in [0.29, 0.717) is 12.1 Å². The minimum Gasteiger partial charge on any atom is -0.396 e. The quantitative estimate of drug-likeness (QED) is 0.395. The number of halogens is 6. The summed E-state index contributed by atoms with van der Waals surface area (Å²) in [7, 11) is 0. The van der Waals surface area contributed by atoms with Crippen LogP contribution in [0.5, 0.6) is 0 Å². The first-order chi connectivity index (χ1) is 17.8. The van der Waals surface area contributed by atoms with Crippen LogP contribution in [0.15, 0.2) is 35.3 Å². The Hall–Kier alpha value is -3.65. The number of carbonyl (C=O) groups is 1. The number of anilines is 1. The molecule has 0 radical (unpaired) electrons. The number of hydrogen-bond acceptors (Lipinski definition) is 6. The van der Waals surface area contributed by atoms with E-state index in [9.17, 15) is 46.1 Å². The summed E-state index contributed by atoms with van der Waals surface area (Å²) in [4.78, 5) is 31.8. The predicted molar refractivity (Wildman–Crippen MR) is 124 cm³/mol. The van der Waals surface area contributed by atoms with E-state index in [-0.39, 0.29) is 43.2 Å². The van der Waals surface area contributed by atoms with Crippen molar-refractivity contribution in [3.05, 3.63) is 63.7 Å². The fourth-order valence-corrected chi connectivity index (χ4v) is 4.34.